The number of methoxy groups -OCH3 is 1. The molecule has 1 unspecified atom stereocenters. The molecule has 0 saturated carbocycles. The summed E-state index contributed by atoms with van der Waals surface area (Å²) in [5, 5.41) is 3.11. The molecule has 1 aliphatic rings. The lowest BCUT2D eigenvalue weighted by molar-refractivity contribution is -0.122. The fourth-order valence-electron chi connectivity index (χ4n) is 4.27. The minimum atomic E-state index is -0.0230. The Kier molecular flexibility index (Phi) is 9.97. The highest BCUT2D eigenvalue weighted by Gasteiger charge is 2.18. The van der Waals surface area contributed by atoms with E-state index in [1.807, 2.05) is 0 Å². The maximum Gasteiger partial charge on any atom is 0.220 e. The molecular formula is C28H39N3O4. The van der Waals surface area contributed by atoms with Crippen LogP contribution in [0.25, 0.3) is 0 Å². The Labute approximate surface area is 209 Å². The minimum Gasteiger partial charge on any atom is -0.493 e. The summed E-state index contributed by atoms with van der Waals surface area (Å²) < 4.78 is 11.1. The maximum absolute atomic E-state index is 12.3. The van der Waals surface area contributed by atoms with Gasteiger partial charge in [-0.05, 0) is 69.5 Å². The van der Waals surface area contributed by atoms with Crippen LogP contribution in [0, 0.1) is 6.92 Å². The molecule has 0 radical (unpaired) electrons. The van der Waals surface area contributed by atoms with Crippen LogP contribution < -0.4 is 19.7 Å². The Hall–Kier alpha value is -3.06. The largest absolute Gasteiger partial charge is 0.493 e. The third-order valence-corrected chi connectivity index (χ3v) is 6.40. The van der Waals surface area contributed by atoms with Gasteiger partial charge in [-0.15, -0.1) is 0 Å². The molecule has 0 aliphatic carbocycles. The van der Waals surface area contributed by atoms with E-state index >= 15 is 0 Å². The number of hydrogen-bond acceptors (Lipinski definition) is 6. The summed E-state index contributed by atoms with van der Waals surface area (Å²) in [6.45, 7) is 11.3. The molecule has 1 aliphatic heterocycles. The fraction of sp³-hybridized carbons (Fsp3) is 0.500. The maximum atomic E-state index is 12.3. The van der Waals surface area contributed by atoms with E-state index in [0.29, 0.717) is 36.5 Å². The minimum absolute atomic E-state index is 0.0230. The van der Waals surface area contributed by atoms with Crippen LogP contribution >= 0.6 is 0 Å². The molecule has 2 aromatic carbocycles. The number of amides is 1. The van der Waals surface area contributed by atoms with Gasteiger partial charge in [-0.1, -0.05) is 12.1 Å². The fourth-order valence-corrected chi connectivity index (χ4v) is 4.27. The molecule has 190 valence electrons. The van der Waals surface area contributed by atoms with Crippen LogP contribution in [0.4, 0.5) is 5.69 Å². The van der Waals surface area contributed by atoms with E-state index in [1.54, 1.807) is 25.3 Å². The average Bonchev–Trinajstić information content (AvgIpc) is 2.85. The number of anilines is 1. The zero-order chi connectivity index (χ0) is 25.2. The first-order valence-electron chi connectivity index (χ1n) is 12.5. The van der Waals surface area contributed by atoms with Crippen molar-refractivity contribution >= 4 is 17.4 Å². The van der Waals surface area contributed by atoms with Crippen LogP contribution in [0.15, 0.2) is 42.5 Å². The number of Topliss-reactive ketones (excluding diaryl/α,β-unsaturated/α-hetero) is 1. The first-order valence-corrected chi connectivity index (χ1v) is 12.5. The average molecular weight is 482 g/mol. The van der Waals surface area contributed by atoms with E-state index in [0.717, 1.165) is 39.1 Å². The molecule has 0 spiro atoms. The second-order valence-electron chi connectivity index (χ2n) is 9.30. The second-order valence-corrected chi connectivity index (χ2v) is 9.30. The Bertz CT molecular complexity index is 986. The van der Waals surface area contributed by atoms with Crippen molar-refractivity contribution in [2.75, 3.05) is 51.3 Å². The lowest BCUT2D eigenvalue weighted by Gasteiger charge is -2.36. The number of ketones is 1. The monoisotopic (exact) mass is 481 g/mol. The molecule has 3 rings (SSSR count). The van der Waals surface area contributed by atoms with Gasteiger partial charge < -0.3 is 19.7 Å². The summed E-state index contributed by atoms with van der Waals surface area (Å²) in [5.41, 5.74) is 3.18. The predicted octanol–water partition coefficient (Wildman–Crippen LogP) is 4.08. The highest BCUT2D eigenvalue weighted by atomic mass is 16.5. The van der Waals surface area contributed by atoms with Crippen molar-refractivity contribution in [3.8, 4) is 11.5 Å². The molecule has 7 heteroatoms. The number of nitrogens with one attached hydrogen (secondary N) is 1. The molecule has 1 heterocycles. The van der Waals surface area contributed by atoms with E-state index in [2.05, 4.69) is 53.2 Å². The topological polar surface area (TPSA) is 71.1 Å². The van der Waals surface area contributed by atoms with E-state index in [1.165, 1.54) is 18.2 Å². The van der Waals surface area contributed by atoms with Gasteiger partial charge in [0.25, 0.3) is 0 Å². The summed E-state index contributed by atoms with van der Waals surface area (Å²) in [4.78, 5) is 28.8. The van der Waals surface area contributed by atoms with E-state index in [9.17, 15) is 9.59 Å². The Morgan fingerprint density at radius 1 is 1.06 bits per heavy atom. The number of carbonyl (C=O) groups is 2. The number of rotatable bonds is 12. The van der Waals surface area contributed by atoms with Gasteiger partial charge in [-0.25, -0.2) is 0 Å². The molecule has 1 atom stereocenters. The van der Waals surface area contributed by atoms with Gasteiger partial charge in [0.1, 0.15) is 0 Å². The Morgan fingerprint density at radius 2 is 1.83 bits per heavy atom. The van der Waals surface area contributed by atoms with Crippen LogP contribution in [0.1, 0.15) is 49.0 Å². The Balaban J connectivity index is 1.30. The molecule has 7 nitrogen and oxygen atoms in total. The molecule has 1 saturated heterocycles. The van der Waals surface area contributed by atoms with Crippen molar-refractivity contribution in [1.29, 1.82) is 0 Å². The number of hydrogen-bond donors (Lipinski definition) is 1. The van der Waals surface area contributed by atoms with Crippen molar-refractivity contribution in [3.63, 3.8) is 0 Å². The highest BCUT2D eigenvalue weighted by molar-refractivity contribution is 5.94. The molecule has 0 aromatic heterocycles. The molecule has 1 amide bonds. The van der Waals surface area contributed by atoms with Crippen LogP contribution in [-0.4, -0.2) is 69.1 Å². The van der Waals surface area contributed by atoms with Crippen molar-refractivity contribution in [2.45, 2.75) is 46.1 Å². The van der Waals surface area contributed by atoms with Crippen LogP contribution in [0.3, 0.4) is 0 Å². The smallest absolute Gasteiger partial charge is 0.220 e. The second kappa shape index (κ2) is 13.1. The van der Waals surface area contributed by atoms with Gasteiger partial charge in [0.05, 0.1) is 13.7 Å². The summed E-state index contributed by atoms with van der Waals surface area (Å²) in [6.07, 6.45) is 1.96. The summed E-state index contributed by atoms with van der Waals surface area (Å²) in [7, 11) is 1.55. The lowest BCUT2D eigenvalue weighted by Crippen LogP contribution is -2.47. The molecule has 1 fully saturated rings. The Morgan fingerprint density at radius 3 is 2.51 bits per heavy atom. The molecule has 2 aromatic rings. The zero-order valence-corrected chi connectivity index (χ0v) is 21.5. The van der Waals surface area contributed by atoms with Crippen molar-refractivity contribution in [1.82, 2.24) is 10.2 Å². The van der Waals surface area contributed by atoms with Gasteiger partial charge >= 0.3 is 0 Å². The number of aryl methyl sites for hydroxylation is 1. The predicted molar refractivity (Wildman–Crippen MR) is 140 cm³/mol. The van der Waals surface area contributed by atoms with Gasteiger partial charge in [0.2, 0.25) is 5.91 Å². The standard InChI is InChI=1S/C28H39N3O4/c1-21-7-5-8-25(19-21)31-16-14-30(15-17-31)13-12-22(2)29-28(33)9-6-18-35-26-11-10-24(23(3)32)20-27(26)34-4/h5,7-8,10-11,19-20,22H,6,9,12-18H2,1-4H3,(H,29,33). The molecule has 35 heavy (non-hydrogen) atoms. The van der Waals surface area contributed by atoms with Crippen molar-refractivity contribution in [3.05, 3.63) is 53.6 Å². The van der Waals surface area contributed by atoms with Crippen molar-refractivity contribution < 1.29 is 19.1 Å². The summed E-state index contributed by atoms with van der Waals surface area (Å²) in [6, 6.07) is 14.0. The summed E-state index contributed by atoms with van der Waals surface area (Å²) in [5.74, 6) is 1.12. The van der Waals surface area contributed by atoms with Crippen molar-refractivity contribution in [2.24, 2.45) is 0 Å². The van der Waals surface area contributed by atoms with E-state index in [-0.39, 0.29) is 17.7 Å². The first kappa shape index (κ1) is 26.5. The van der Waals surface area contributed by atoms with Crippen LogP contribution in [0.5, 0.6) is 11.5 Å². The number of ether oxygens (including phenoxy) is 2. The number of nitrogens with zero attached hydrogens (tertiary/aromatic N) is 2. The number of piperazine rings is 1. The van der Waals surface area contributed by atoms with E-state index < -0.39 is 0 Å². The SMILES string of the molecule is COc1cc(C(C)=O)ccc1OCCCC(=O)NC(C)CCN1CCN(c2cccc(C)c2)CC1. The van der Waals surface area contributed by atoms with Crippen LogP contribution in [0.2, 0.25) is 0 Å². The third-order valence-electron chi connectivity index (χ3n) is 6.40. The first-order chi connectivity index (χ1) is 16.9. The number of benzene rings is 2. The lowest BCUT2D eigenvalue weighted by atomic mass is 10.1. The van der Waals surface area contributed by atoms with Crippen LogP contribution in [-0.2, 0) is 4.79 Å². The van der Waals surface area contributed by atoms with Gasteiger partial charge in [-0.2, -0.15) is 0 Å². The summed E-state index contributed by atoms with van der Waals surface area (Å²) >= 11 is 0. The normalized spacial score (nSPS) is 14.9. The third kappa shape index (κ3) is 8.28. The van der Waals surface area contributed by atoms with E-state index in [4.69, 9.17) is 9.47 Å². The quantitative estimate of drug-likeness (QED) is 0.364. The molecule has 0 bridgehead atoms. The highest BCUT2D eigenvalue weighted by Crippen LogP contribution is 2.28. The van der Waals surface area contributed by atoms with Gasteiger partial charge in [0.15, 0.2) is 17.3 Å². The molecular weight excluding hydrogens is 442 g/mol. The van der Waals surface area contributed by atoms with Gasteiger partial charge in [-0.3, -0.25) is 14.5 Å². The molecule has 1 N–H and O–H groups in total. The van der Waals surface area contributed by atoms with Gasteiger partial charge in [0, 0.05) is 56.4 Å². The number of carbonyl (C=O) groups excluding carboxylic acids is 2. The zero-order valence-electron chi connectivity index (χ0n) is 21.5.